The van der Waals surface area contributed by atoms with Crippen LogP contribution in [0.4, 0.5) is 0 Å². The Hall–Kier alpha value is -4.75. The quantitative estimate of drug-likeness (QED) is 0.133. The molecule has 14 nitrogen and oxygen atoms in total. The second-order valence-electron chi connectivity index (χ2n) is 8.18. The standard InChI is InChI=1S/C27H32O14/c1-7-35-23(33)13-21(20-11-9-8-10-12-20)41-27(34)26(40-19(6)32)25(39-18(5)31)24(38-17(4)30)22(37-16(3)29)14-36-15(2)28/h8-13,22,24-26H,7,14H2,1-6H3/b21-13-/t22-,24+,25+,26-/m1/s1. The van der Waals surface area contributed by atoms with Gasteiger partial charge in [-0.25, -0.2) is 9.59 Å². The Balaban J connectivity index is 3.69. The molecular formula is C27H32O14. The molecule has 14 heteroatoms. The molecule has 4 atom stereocenters. The molecule has 0 radical (unpaired) electrons. The average molecular weight is 581 g/mol. The van der Waals surface area contributed by atoms with Gasteiger partial charge in [-0.1, -0.05) is 30.3 Å². The first-order valence-corrected chi connectivity index (χ1v) is 12.2. The van der Waals surface area contributed by atoms with E-state index in [1.807, 2.05) is 0 Å². The van der Waals surface area contributed by atoms with Crippen molar-refractivity contribution in [3.8, 4) is 0 Å². The van der Waals surface area contributed by atoms with Crippen molar-refractivity contribution in [2.45, 2.75) is 66.0 Å². The minimum Gasteiger partial charge on any atom is -0.463 e. The van der Waals surface area contributed by atoms with Gasteiger partial charge in [0.15, 0.2) is 18.3 Å². The molecule has 224 valence electrons. The van der Waals surface area contributed by atoms with Crippen molar-refractivity contribution in [3.63, 3.8) is 0 Å². The second-order valence-corrected chi connectivity index (χ2v) is 8.18. The molecule has 0 heterocycles. The lowest BCUT2D eigenvalue weighted by Gasteiger charge is -2.34. The van der Waals surface area contributed by atoms with Gasteiger partial charge in [0.2, 0.25) is 6.10 Å². The number of hydrogen-bond acceptors (Lipinski definition) is 14. The van der Waals surface area contributed by atoms with Crippen molar-refractivity contribution < 1.29 is 66.7 Å². The Morgan fingerprint density at radius 3 is 1.71 bits per heavy atom. The second kappa shape index (κ2) is 17.0. The molecule has 0 amide bonds. The van der Waals surface area contributed by atoms with Crippen LogP contribution in [0.15, 0.2) is 36.4 Å². The van der Waals surface area contributed by atoms with E-state index >= 15 is 0 Å². The van der Waals surface area contributed by atoms with E-state index in [4.69, 9.17) is 33.2 Å². The van der Waals surface area contributed by atoms with Crippen LogP contribution in [0, 0.1) is 0 Å². The Morgan fingerprint density at radius 2 is 1.22 bits per heavy atom. The molecule has 0 spiro atoms. The first-order chi connectivity index (χ1) is 19.2. The summed E-state index contributed by atoms with van der Waals surface area (Å²) in [4.78, 5) is 85.2. The summed E-state index contributed by atoms with van der Waals surface area (Å²) < 4.78 is 35.9. The third-order valence-electron chi connectivity index (χ3n) is 4.69. The monoisotopic (exact) mass is 580 g/mol. The summed E-state index contributed by atoms with van der Waals surface area (Å²) in [7, 11) is 0. The van der Waals surface area contributed by atoms with Crippen molar-refractivity contribution in [3.05, 3.63) is 42.0 Å². The smallest absolute Gasteiger partial charge is 0.357 e. The molecule has 1 aromatic carbocycles. The van der Waals surface area contributed by atoms with Crippen LogP contribution in [0.25, 0.3) is 5.76 Å². The van der Waals surface area contributed by atoms with Crippen LogP contribution in [0.1, 0.15) is 47.1 Å². The zero-order chi connectivity index (χ0) is 31.1. The van der Waals surface area contributed by atoms with Gasteiger partial charge in [0.05, 0.1) is 12.7 Å². The summed E-state index contributed by atoms with van der Waals surface area (Å²) in [6.07, 6.45) is -6.77. The first-order valence-electron chi connectivity index (χ1n) is 12.2. The molecule has 0 bridgehead atoms. The van der Waals surface area contributed by atoms with E-state index in [0.717, 1.165) is 40.7 Å². The van der Waals surface area contributed by atoms with Crippen molar-refractivity contribution >= 4 is 47.5 Å². The number of rotatable bonds is 14. The molecule has 0 unspecified atom stereocenters. The van der Waals surface area contributed by atoms with Crippen LogP contribution < -0.4 is 0 Å². The summed E-state index contributed by atoms with van der Waals surface area (Å²) in [5, 5.41) is 0. The van der Waals surface area contributed by atoms with Gasteiger partial charge in [-0.2, -0.15) is 0 Å². The normalized spacial score (nSPS) is 13.8. The maximum Gasteiger partial charge on any atom is 0.357 e. The zero-order valence-corrected chi connectivity index (χ0v) is 23.4. The van der Waals surface area contributed by atoms with E-state index in [0.29, 0.717) is 0 Å². The summed E-state index contributed by atoms with van der Waals surface area (Å²) in [6, 6.07) is 7.83. The molecule has 1 rings (SSSR count). The summed E-state index contributed by atoms with van der Waals surface area (Å²) in [5.74, 6) is -7.37. The number of esters is 7. The number of hydrogen-bond donors (Lipinski definition) is 0. The SMILES string of the molecule is CCOC(=O)/C=C(\OC(=O)[C@H](OC(C)=O)[C@@H](OC(C)=O)[C@@H](OC(C)=O)[C@@H](COC(C)=O)OC(C)=O)c1ccccc1. The molecule has 41 heavy (non-hydrogen) atoms. The van der Waals surface area contributed by atoms with Gasteiger partial charge >= 0.3 is 41.8 Å². The molecule has 0 N–H and O–H groups in total. The van der Waals surface area contributed by atoms with Gasteiger partial charge in [-0.3, -0.25) is 24.0 Å². The van der Waals surface area contributed by atoms with E-state index in [-0.39, 0.29) is 17.9 Å². The molecule has 0 fully saturated rings. The molecular weight excluding hydrogens is 548 g/mol. The van der Waals surface area contributed by atoms with Crippen molar-refractivity contribution in [1.82, 2.24) is 0 Å². The van der Waals surface area contributed by atoms with Gasteiger partial charge in [0, 0.05) is 40.2 Å². The number of carbonyl (C=O) groups excluding carboxylic acids is 7. The zero-order valence-electron chi connectivity index (χ0n) is 23.4. The minimum absolute atomic E-state index is 0.0138. The highest BCUT2D eigenvalue weighted by atomic mass is 16.7. The maximum absolute atomic E-state index is 13.5. The summed E-state index contributed by atoms with van der Waals surface area (Å²) >= 11 is 0. The summed E-state index contributed by atoms with van der Waals surface area (Å²) in [5.41, 5.74) is 0.240. The van der Waals surface area contributed by atoms with Gasteiger partial charge in [-0.15, -0.1) is 0 Å². The highest BCUT2D eigenvalue weighted by molar-refractivity contribution is 5.93. The van der Waals surface area contributed by atoms with Crippen molar-refractivity contribution in [1.29, 1.82) is 0 Å². The van der Waals surface area contributed by atoms with Crippen molar-refractivity contribution in [2.24, 2.45) is 0 Å². The molecule has 0 saturated heterocycles. The number of ether oxygens (including phenoxy) is 7. The molecule has 0 aliphatic rings. The molecule has 0 saturated carbocycles. The van der Waals surface area contributed by atoms with Crippen LogP contribution in [-0.2, 0) is 66.7 Å². The highest BCUT2D eigenvalue weighted by Gasteiger charge is 2.48. The Kier molecular flexibility index (Phi) is 14.3. The Bertz CT molecular complexity index is 1140. The molecule has 0 aliphatic heterocycles. The lowest BCUT2D eigenvalue weighted by atomic mass is 10.0. The van der Waals surface area contributed by atoms with Crippen LogP contribution in [0.2, 0.25) is 0 Å². The fourth-order valence-corrected chi connectivity index (χ4v) is 3.31. The predicted molar refractivity (Wildman–Crippen MR) is 136 cm³/mol. The lowest BCUT2D eigenvalue weighted by Crippen LogP contribution is -2.55. The Labute approximate surface area is 235 Å². The lowest BCUT2D eigenvalue weighted by molar-refractivity contribution is -0.206. The van der Waals surface area contributed by atoms with Gasteiger partial charge in [-0.05, 0) is 6.92 Å². The fraction of sp³-hybridized carbons (Fsp3) is 0.444. The average Bonchev–Trinajstić information content (AvgIpc) is 2.86. The summed E-state index contributed by atoms with van der Waals surface area (Å²) in [6.45, 7) is 5.75. The van der Waals surface area contributed by atoms with Gasteiger partial charge in [0.1, 0.15) is 12.4 Å². The highest BCUT2D eigenvalue weighted by Crippen LogP contribution is 2.24. The van der Waals surface area contributed by atoms with Crippen molar-refractivity contribution in [2.75, 3.05) is 13.2 Å². The third-order valence-corrected chi connectivity index (χ3v) is 4.69. The largest absolute Gasteiger partial charge is 0.463 e. The van der Waals surface area contributed by atoms with E-state index in [9.17, 15) is 33.6 Å². The van der Waals surface area contributed by atoms with E-state index < -0.39 is 72.8 Å². The van der Waals surface area contributed by atoms with E-state index in [2.05, 4.69) is 0 Å². The van der Waals surface area contributed by atoms with Crippen LogP contribution in [-0.4, -0.2) is 79.4 Å². The van der Waals surface area contributed by atoms with E-state index in [1.54, 1.807) is 25.1 Å². The first kappa shape index (κ1) is 34.3. The topological polar surface area (TPSA) is 184 Å². The third kappa shape index (κ3) is 12.8. The maximum atomic E-state index is 13.5. The van der Waals surface area contributed by atoms with Gasteiger partial charge in [0.25, 0.3) is 0 Å². The van der Waals surface area contributed by atoms with Crippen LogP contribution in [0.3, 0.4) is 0 Å². The van der Waals surface area contributed by atoms with Gasteiger partial charge < -0.3 is 33.2 Å². The molecule has 0 aliphatic carbocycles. The number of carbonyl (C=O) groups is 7. The molecule has 1 aromatic rings. The minimum atomic E-state index is -2.15. The number of benzene rings is 1. The van der Waals surface area contributed by atoms with E-state index in [1.165, 1.54) is 12.1 Å². The van der Waals surface area contributed by atoms with Crippen LogP contribution in [0.5, 0.6) is 0 Å². The molecule has 0 aromatic heterocycles. The van der Waals surface area contributed by atoms with Crippen LogP contribution >= 0.6 is 0 Å². The predicted octanol–water partition coefficient (Wildman–Crippen LogP) is 1.42. The fourth-order valence-electron chi connectivity index (χ4n) is 3.31. The Morgan fingerprint density at radius 1 is 0.683 bits per heavy atom.